The topological polar surface area (TPSA) is 54.4 Å². The minimum Gasteiger partial charge on any atom is -0.504 e. The molecule has 0 saturated heterocycles. The number of aryl methyl sites for hydroxylation is 2. The Bertz CT molecular complexity index is 1080. The lowest BCUT2D eigenvalue weighted by Crippen LogP contribution is -2.05. The van der Waals surface area contributed by atoms with Crippen molar-refractivity contribution < 1.29 is 9.90 Å². The molecule has 0 aliphatic heterocycles. The zero-order valence-electron chi connectivity index (χ0n) is 16.0. The van der Waals surface area contributed by atoms with E-state index in [9.17, 15) is 14.7 Å². The molecule has 3 aromatic rings. The second-order valence-electron chi connectivity index (χ2n) is 6.89. The molecular weight excluding hydrogens is 348 g/mol. The van der Waals surface area contributed by atoms with Gasteiger partial charge in [-0.2, -0.15) is 0 Å². The molecule has 0 unspecified atom stereocenters. The fourth-order valence-corrected chi connectivity index (χ4v) is 2.95. The van der Waals surface area contributed by atoms with Crippen molar-refractivity contribution in [1.29, 1.82) is 0 Å². The number of aromatic hydroxyl groups is 1. The molecule has 0 atom stereocenters. The highest BCUT2D eigenvalue weighted by Gasteiger charge is 2.15. The van der Waals surface area contributed by atoms with Gasteiger partial charge in [0.2, 0.25) is 5.43 Å². The Balaban J connectivity index is 2.02. The molecule has 0 amide bonds. The first-order valence-electron chi connectivity index (χ1n) is 9.14. The zero-order chi connectivity index (χ0) is 20.1. The second-order valence-corrected chi connectivity index (χ2v) is 6.89. The van der Waals surface area contributed by atoms with Crippen LogP contribution in [0.1, 0.15) is 39.0 Å². The molecule has 0 heterocycles. The molecule has 3 nitrogen and oxygen atoms in total. The van der Waals surface area contributed by atoms with E-state index >= 15 is 0 Å². The van der Waals surface area contributed by atoms with Crippen molar-refractivity contribution >= 4 is 17.4 Å². The highest BCUT2D eigenvalue weighted by Crippen LogP contribution is 2.25. The van der Waals surface area contributed by atoms with Crippen LogP contribution in [0, 0.1) is 13.8 Å². The van der Waals surface area contributed by atoms with Gasteiger partial charge >= 0.3 is 0 Å². The van der Waals surface area contributed by atoms with Crippen LogP contribution in [0.3, 0.4) is 0 Å². The summed E-state index contributed by atoms with van der Waals surface area (Å²) in [5.41, 5.74) is 4.52. The van der Waals surface area contributed by atoms with Crippen molar-refractivity contribution in [2.75, 3.05) is 0 Å². The number of benzene rings is 2. The fraction of sp³-hybridized carbons (Fsp3) is 0.120. The fourth-order valence-electron chi connectivity index (χ4n) is 2.95. The van der Waals surface area contributed by atoms with Crippen LogP contribution in [0.4, 0.5) is 0 Å². The maximum Gasteiger partial charge on any atom is 0.220 e. The second kappa shape index (κ2) is 8.49. The normalized spacial score (nSPS) is 11.3. The first kappa shape index (κ1) is 19.3. The lowest BCUT2D eigenvalue weighted by molar-refractivity contribution is 0.0996. The predicted octanol–water partition coefficient (Wildman–Crippen LogP) is 5.18. The molecule has 1 N–H and O–H groups in total. The molecular formula is C25H22O3. The molecule has 28 heavy (non-hydrogen) atoms. The average Bonchev–Trinajstić information content (AvgIpc) is 2.85. The van der Waals surface area contributed by atoms with E-state index < -0.39 is 11.2 Å². The van der Waals surface area contributed by atoms with Crippen LogP contribution in [0.5, 0.6) is 5.75 Å². The van der Waals surface area contributed by atoms with Crippen LogP contribution in [-0.4, -0.2) is 10.9 Å². The third-order valence-corrected chi connectivity index (χ3v) is 4.60. The third-order valence-electron chi connectivity index (χ3n) is 4.60. The molecule has 0 saturated carbocycles. The highest BCUT2D eigenvalue weighted by molar-refractivity contribution is 6.06. The maximum absolute atomic E-state index is 12.9. The minimum absolute atomic E-state index is 0.0388. The number of carbonyl (C=O) groups excluding carboxylic acids is 1. The molecule has 0 aliphatic rings. The molecule has 0 aliphatic carbocycles. The maximum atomic E-state index is 12.9. The predicted molar refractivity (Wildman–Crippen MR) is 114 cm³/mol. The summed E-state index contributed by atoms with van der Waals surface area (Å²) in [4.78, 5) is 24.8. The van der Waals surface area contributed by atoms with E-state index in [1.165, 1.54) is 18.2 Å². The van der Waals surface area contributed by atoms with E-state index in [-0.39, 0.29) is 17.8 Å². The van der Waals surface area contributed by atoms with E-state index in [1.807, 2.05) is 68.5 Å². The van der Waals surface area contributed by atoms with Gasteiger partial charge in [0, 0.05) is 6.42 Å². The van der Waals surface area contributed by atoms with E-state index in [1.54, 1.807) is 6.07 Å². The van der Waals surface area contributed by atoms with Gasteiger partial charge in [-0.05, 0) is 42.7 Å². The lowest BCUT2D eigenvalue weighted by atomic mass is 9.95. The van der Waals surface area contributed by atoms with E-state index in [2.05, 4.69) is 0 Å². The van der Waals surface area contributed by atoms with Gasteiger partial charge in [0.25, 0.3) is 0 Å². The first-order chi connectivity index (χ1) is 13.4. The van der Waals surface area contributed by atoms with Crippen LogP contribution < -0.4 is 5.43 Å². The molecule has 0 fully saturated rings. The lowest BCUT2D eigenvalue weighted by Gasteiger charge is -2.09. The van der Waals surface area contributed by atoms with Crippen molar-refractivity contribution in [2.45, 2.75) is 20.3 Å². The van der Waals surface area contributed by atoms with Crippen molar-refractivity contribution in [3.05, 3.63) is 111 Å². The van der Waals surface area contributed by atoms with Gasteiger partial charge in [-0.15, -0.1) is 0 Å². The van der Waals surface area contributed by atoms with Crippen molar-refractivity contribution in [1.82, 2.24) is 0 Å². The van der Waals surface area contributed by atoms with Crippen LogP contribution in [0.25, 0.3) is 11.6 Å². The monoisotopic (exact) mass is 370 g/mol. The van der Waals surface area contributed by atoms with Crippen LogP contribution in [-0.2, 0) is 0 Å². The van der Waals surface area contributed by atoms with Gasteiger partial charge < -0.3 is 5.11 Å². The quantitative estimate of drug-likeness (QED) is 0.497. The highest BCUT2D eigenvalue weighted by atomic mass is 16.3. The Morgan fingerprint density at radius 1 is 0.857 bits per heavy atom. The summed E-state index contributed by atoms with van der Waals surface area (Å²) in [5.74, 6) is -0.807. The third kappa shape index (κ3) is 4.63. The first-order valence-corrected chi connectivity index (χ1v) is 9.14. The minimum atomic E-state index is -0.562. The number of carbonyl (C=O) groups is 1. The van der Waals surface area contributed by atoms with E-state index in [0.717, 1.165) is 27.8 Å². The molecule has 3 aromatic carbocycles. The van der Waals surface area contributed by atoms with Gasteiger partial charge in [0.15, 0.2) is 11.5 Å². The summed E-state index contributed by atoms with van der Waals surface area (Å²) in [6, 6.07) is 21.8. The summed E-state index contributed by atoms with van der Waals surface area (Å²) in [6.07, 6.45) is 2.05. The van der Waals surface area contributed by atoms with Gasteiger partial charge in [0.1, 0.15) is 0 Å². The summed E-state index contributed by atoms with van der Waals surface area (Å²) in [7, 11) is 0. The Kier molecular flexibility index (Phi) is 5.85. The Labute approximate surface area is 164 Å². The number of allylic oxidation sites excluding steroid dienone is 1. The molecule has 3 heteroatoms. The van der Waals surface area contributed by atoms with Gasteiger partial charge in [-0.1, -0.05) is 77.9 Å². The van der Waals surface area contributed by atoms with Crippen molar-refractivity contribution in [3.63, 3.8) is 0 Å². The average molecular weight is 370 g/mol. The summed E-state index contributed by atoms with van der Waals surface area (Å²) < 4.78 is 0. The Hall–Kier alpha value is -3.46. The number of hydrogen-bond acceptors (Lipinski definition) is 3. The Morgan fingerprint density at radius 2 is 1.43 bits per heavy atom. The zero-order valence-corrected chi connectivity index (χ0v) is 16.0. The van der Waals surface area contributed by atoms with Crippen LogP contribution in [0.15, 0.2) is 77.6 Å². The van der Waals surface area contributed by atoms with E-state index in [0.29, 0.717) is 0 Å². The standard InChI is InChI=1S/C25H22O3/c1-17-7-11-19(12-8-17)15-21(20-13-9-18(2)10-14-20)16-24(27)22-5-3-4-6-23(26)25(22)28/h3-15H,16H2,1-2H3,(H,26,28)/b21-15-. The van der Waals surface area contributed by atoms with Gasteiger partial charge in [0.05, 0.1) is 5.56 Å². The largest absolute Gasteiger partial charge is 0.504 e. The molecule has 3 rings (SSSR count). The summed E-state index contributed by atoms with van der Waals surface area (Å²) in [5, 5.41) is 10.1. The van der Waals surface area contributed by atoms with Crippen LogP contribution >= 0.6 is 0 Å². The molecule has 0 radical (unpaired) electrons. The molecule has 140 valence electrons. The molecule has 0 bridgehead atoms. The molecule has 0 spiro atoms. The van der Waals surface area contributed by atoms with Crippen molar-refractivity contribution in [3.8, 4) is 5.75 Å². The smallest absolute Gasteiger partial charge is 0.220 e. The summed E-state index contributed by atoms with van der Waals surface area (Å²) in [6.45, 7) is 4.03. The number of hydrogen-bond donors (Lipinski definition) is 1. The van der Waals surface area contributed by atoms with Gasteiger partial charge in [-0.25, -0.2) is 0 Å². The number of Topliss-reactive ketones (excluding diaryl/α,β-unsaturated/α-hetero) is 1. The van der Waals surface area contributed by atoms with Crippen LogP contribution in [0.2, 0.25) is 0 Å². The summed E-state index contributed by atoms with van der Waals surface area (Å²) >= 11 is 0. The van der Waals surface area contributed by atoms with Gasteiger partial charge in [-0.3, -0.25) is 9.59 Å². The Morgan fingerprint density at radius 3 is 2.07 bits per heavy atom. The molecule has 0 aromatic heterocycles. The SMILES string of the molecule is Cc1ccc(/C=C(/CC(=O)c2ccccc(=O)c2O)c2ccc(C)cc2)cc1. The van der Waals surface area contributed by atoms with E-state index in [4.69, 9.17) is 0 Å². The number of rotatable bonds is 5. The van der Waals surface area contributed by atoms with Crippen molar-refractivity contribution in [2.24, 2.45) is 0 Å². The number of ketones is 1.